The minimum absolute atomic E-state index is 0.0933. The van der Waals surface area contributed by atoms with Gasteiger partial charge in [-0.2, -0.15) is 5.26 Å². The van der Waals surface area contributed by atoms with E-state index in [1.54, 1.807) is 4.90 Å². The standard InChI is InChI=1S/C18H32N2O3Si/c1-17(2,3)22-16(21)20-12-10-15(14(13-20)9-11-19)23-24(7,8)18(4,5)6/h9,15H,10,12-13H2,1-8H3/b14-9+. The molecule has 0 aliphatic carbocycles. The van der Waals surface area contributed by atoms with Gasteiger partial charge in [-0.05, 0) is 50.9 Å². The lowest BCUT2D eigenvalue weighted by atomic mass is 10.0. The highest BCUT2D eigenvalue weighted by Crippen LogP contribution is 2.39. The summed E-state index contributed by atoms with van der Waals surface area (Å²) in [5, 5.41) is 9.20. The van der Waals surface area contributed by atoms with Crippen LogP contribution in [0.2, 0.25) is 18.1 Å². The Morgan fingerprint density at radius 2 is 1.88 bits per heavy atom. The van der Waals surface area contributed by atoms with E-state index in [4.69, 9.17) is 14.4 Å². The third-order valence-corrected chi connectivity index (χ3v) is 9.08. The lowest BCUT2D eigenvalue weighted by molar-refractivity contribution is 0.0195. The Morgan fingerprint density at radius 1 is 1.29 bits per heavy atom. The summed E-state index contributed by atoms with van der Waals surface area (Å²) < 4.78 is 11.9. The molecule has 1 atom stereocenters. The van der Waals surface area contributed by atoms with Crippen molar-refractivity contribution in [3.8, 4) is 6.07 Å². The number of amides is 1. The summed E-state index contributed by atoms with van der Waals surface area (Å²) in [6, 6.07) is 2.09. The van der Waals surface area contributed by atoms with Gasteiger partial charge in [0.1, 0.15) is 5.60 Å². The molecular weight excluding hydrogens is 320 g/mol. The first kappa shape index (κ1) is 20.7. The summed E-state index contributed by atoms with van der Waals surface area (Å²) in [7, 11) is -1.94. The summed E-state index contributed by atoms with van der Waals surface area (Å²) in [4.78, 5) is 13.9. The first-order chi connectivity index (χ1) is 10.8. The quantitative estimate of drug-likeness (QED) is 0.543. The lowest BCUT2D eigenvalue weighted by Crippen LogP contribution is -2.50. The lowest BCUT2D eigenvalue weighted by Gasteiger charge is -2.42. The number of ether oxygens (including phenoxy) is 1. The summed E-state index contributed by atoms with van der Waals surface area (Å²) in [6.07, 6.45) is 1.79. The molecule has 1 aliphatic heterocycles. The number of carbonyl (C=O) groups is 1. The van der Waals surface area contributed by atoms with E-state index in [0.717, 1.165) is 5.57 Å². The summed E-state index contributed by atoms with van der Waals surface area (Å²) in [5.74, 6) is 0. The fourth-order valence-corrected chi connectivity index (χ4v) is 3.56. The molecule has 1 heterocycles. The van der Waals surface area contributed by atoms with Gasteiger partial charge >= 0.3 is 6.09 Å². The third-order valence-electron chi connectivity index (χ3n) is 4.59. The van der Waals surface area contributed by atoms with Crippen LogP contribution >= 0.6 is 0 Å². The van der Waals surface area contributed by atoms with Crippen LogP contribution in [0.1, 0.15) is 48.0 Å². The molecule has 136 valence electrons. The highest BCUT2D eigenvalue weighted by molar-refractivity contribution is 6.74. The van der Waals surface area contributed by atoms with Crippen LogP contribution in [0.25, 0.3) is 0 Å². The monoisotopic (exact) mass is 352 g/mol. The number of likely N-dealkylation sites (tertiary alicyclic amines) is 1. The zero-order chi connectivity index (χ0) is 18.8. The summed E-state index contributed by atoms with van der Waals surface area (Å²) in [5.41, 5.74) is 0.337. The van der Waals surface area contributed by atoms with Crippen molar-refractivity contribution in [3.05, 3.63) is 11.6 Å². The predicted molar refractivity (Wildman–Crippen MR) is 98.2 cm³/mol. The highest BCUT2D eigenvalue weighted by Gasteiger charge is 2.41. The maximum Gasteiger partial charge on any atom is 0.410 e. The predicted octanol–water partition coefficient (Wildman–Crippen LogP) is 4.47. The highest BCUT2D eigenvalue weighted by atomic mass is 28.4. The second kappa shape index (κ2) is 7.28. The topological polar surface area (TPSA) is 62.6 Å². The average molecular weight is 353 g/mol. The van der Waals surface area contributed by atoms with Crippen LogP contribution in [0, 0.1) is 11.3 Å². The van der Waals surface area contributed by atoms with Crippen molar-refractivity contribution in [1.82, 2.24) is 4.90 Å². The van der Waals surface area contributed by atoms with Crippen molar-refractivity contribution in [1.29, 1.82) is 5.26 Å². The smallest absolute Gasteiger partial charge is 0.410 e. The normalized spacial score (nSPS) is 21.5. The van der Waals surface area contributed by atoms with E-state index in [-0.39, 0.29) is 17.2 Å². The average Bonchev–Trinajstić information content (AvgIpc) is 2.37. The van der Waals surface area contributed by atoms with Gasteiger partial charge in [-0.25, -0.2) is 4.79 Å². The van der Waals surface area contributed by atoms with E-state index in [2.05, 4.69) is 39.9 Å². The van der Waals surface area contributed by atoms with Crippen molar-refractivity contribution >= 4 is 14.4 Å². The van der Waals surface area contributed by atoms with Gasteiger partial charge in [0, 0.05) is 19.2 Å². The molecule has 0 radical (unpaired) electrons. The minimum Gasteiger partial charge on any atom is -0.444 e. The first-order valence-electron chi connectivity index (χ1n) is 8.51. The molecule has 0 saturated carbocycles. The number of allylic oxidation sites excluding steroid dienone is 1. The van der Waals surface area contributed by atoms with Crippen LogP contribution in [0.15, 0.2) is 11.6 Å². The number of hydrogen-bond donors (Lipinski definition) is 0. The Labute approximate surface area is 147 Å². The van der Waals surface area contributed by atoms with Crippen LogP contribution in [-0.2, 0) is 9.16 Å². The van der Waals surface area contributed by atoms with Crippen molar-refractivity contribution in [2.45, 2.75) is 77.8 Å². The Morgan fingerprint density at radius 3 is 2.33 bits per heavy atom. The van der Waals surface area contributed by atoms with Gasteiger partial charge in [0.2, 0.25) is 0 Å². The van der Waals surface area contributed by atoms with Crippen molar-refractivity contribution in [3.63, 3.8) is 0 Å². The molecule has 24 heavy (non-hydrogen) atoms. The van der Waals surface area contributed by atoms with Crippen molar-refractivity contribution in [2.75, 3.05) is 13.1 Å². The van der Waals surface area contributed by atoms with E-state index in [0.29, 0.717) is 19.5 Å². The molecule has 0 N–H and O–H groups in total. The maximum atomic E-state index is 12.3. The molecule has 6 heteroatoms. The number of rotatable bonds is 2. The van der Waals surface area contributed by atoms with E-state index in [1.807, 2.05) is 20.8 Å². The molecule has 1 amide bonds. The molecule has 1 unspecified atom stereocenters. The first-order valence-corrected chi connectivity index (χ1v) is 11.4. The number of carbonyl (C=O) groups excluding carboxylic acids is 1. The second-order valence-electron chi connectivity index (χ2n) is 8.91. The number of piperidine rings is 1. The summed E-state index contributed by atoms with van der Waals surface area (Å²) in [6.45, 7) is 17.5. The Balaban J connectivity index is 2.87. The van der Waals surface area contributed by atoms with Crippen LogP contribution in [0.4, 0.5) is 4.79 Å². The minimum atomic E-state index is -1.94. The van der Waals surface area contributed by atoms with E-state index in [9.17, 15) is 4.79 Å². The molecule has 0 aromatic heterocycles. The van der Waals surface area contributed by atoms with Gasteiger partial charge < -0.3 is 14.1 Å². The zero-order valence-corrected chi connectivity index (χ0v) is 17.4. The van der Waals surface area contributed by atoms with Gasteiger partial charge in [-0.3, -0.25) is 0 Å². The van der Waals surface area contributed by atoms with Crippen LogP contribution in [0.5, 0.6) is 0 Å². The fourth-order valence-electron chi connectivity index (χ4n) is 2.23. The van der Waals surface area contributed by atoms with Gasteiger partial charge in [0.25, 0.3) is 0 Å². The Bertz CT molecular complexity index is 536. The van der Waals surface area contributed by atoms with Gasteiger partial charge in [0.05, 0.1) is 12.2 Å². The number of hydrogen-bond acceptors (Lipinski definition) is 4. The van der Waals surface area contributed by atoms with E-state index >= 15 is 0 Å². The van der Waals surface area contributed by atoms with Crippen LogP contribution < -0.4 is 0 Å². The molecule has 1 aliphatic rings. The Kier molecular flexibility index (Phi) is 6.29. The number of nitrogens with zero attached hydrogens (tertiary/aromatic N) is 2. The summed E-state index contributed by atoms with van der Waals surface area (Å²) >= 11 is 0. The van der Waals surface area contributed by atoms with Gasteiger partial charge in [0.15, 0.2) is 8.32 Å². The van der Waals surface area contributed by atoms with Gasteiger partial charge in [-0.1, -0.05) is 20.8 Å². The van der Waals surface area contributed by atoms with Crippen LogP contribution in [-0.4, -0.2) is 44.1 Å². The molecular formula is C18H32N2O3Si. The molecule has 1 fully saturated rings. The van der Waals surface area contributed by atoms with Crippen LogP contribution in [0.3, 0.4) is 0 Å². The van der Waals surface area contributed by atoms with E-state index < -0.39 is 13.9 Å². The van der Waals surface area contributed by atoms with Gasteiger partial charge in [-0.15, -0.1) is 0 Å². The molecule has 5 nitrogen and oxygen atoms in total. The fraction of sp³-hybridized carbons (Fsp3) is 0.778. The molecule has 0 aromatic carbocycles. The largest absolute Gasteiger partial charge is 0.444 e. The molecule has 0 aromatic rings. The Hall–Kier alpha value is -1.32. The molecule has 0 spiro atoms. The number of nitriles is 1. The molecule has 1 rings (SSSR count). The molecule has 1 saturated heterocycles. The SMILES string of the molecule is CC(C)(C)OC(=O)N1CCC(O[Si](C)(C)C(C)(C)C)/C(=C/C#N)C1. The second-order valence-corrected chi connectivity index (χ2v) is 13.7. The van der Waals surface area contributed by atoms with Crippen molar-refractivity contribution < 1.29 is 14.0 Å². The van der Waals surface area contributed by atoms with E-state index in [1.165, 1.54) is 6.08 Å². The zero-order valence-electron chi connectivity index (χ0n) is 16.4. The van der Waals surface area contributed by atoms with Crippen molar-refractivity contribution in [2.24, 2.45) is 0 Å². The third kappa shape index (κ3) is 5.64. The maximum absolute atomic E-state index is 12.3. The molecule has 0 bridgehead atoms.